The summed E-state index contributed by atoms with van der Waals surface area (Å²) in [6, 6.07) is -3.19. The lowest BCUT2D eigenvalue weighted by molar-refractivity contribution is -0.132. The lowest BCUT2D eigenvalue weighted by Gasteiger charge is -2.34. The Kier molecular flexibility index (Phi) is 42.3. The van der Waals surface area contributed by atoms with Crippen molar-refractivity contribution in [3.63, 3.8) is 0 Å². The third-order valence-electron chi connectivity index (χ3n) is 13.4. The molecule has 1 fully saturated rings. The second-order valence-corrected chi connectivity index (χ2v) is 20.0. The van der Waals surface area contributed by atoms with Gasteiger partial charge in [-0.2, -0.15) is 0 Å². The molecular formula is C54H106N12O6. The zero-order chi connectivity index (χ0) is 52.9. The number of unbranched alkanes of at least 4 members (excludes halogenated alkanes) is 15. The summed E-state index contributed by atoms with van der Waals surface area (Å²) in [6.07, 6.45) is 28.8. The van der Waals surface area contributed by atoms with Crippen LogP contribution >= 0.6 is 0 Å². The molecule has 1 rings (SSSR count). The summed E-state index contributed by atoms with van der Waals surface area (Å²) in [7, 11) is 0. The van der Waals surface area contributed by atoms with Crippen molar-refractivity contribution in [2.24, 2.45) is 22.9 Å². The number of amides is 6. The first-order valence-electron chi connectivity index (χ1n) is 28.6. The Morgan fingerprint density at radius 1 is 0.458 bits per heavy atom. The van der Waals surface area contributed by atoms with Crippen molar-refractivity contribution in [1.82, 2.24) is 41.7 Å². The zero-order valence-corrected chi connectivity index (χ0v) is 45.4. The molecule has 0 radical (unpaired) electrons. The molecule has 1 saturated heterocycles. The van der Waals surface area contributed by atoms with E-state index in [1.165, 1.54) is 51.9 Å². The number of nitrogens with zero attached hydrogens (tertiary/aromatic N) is 2. The molecule has 0 spiro atoms. The van der Waals surface area contributed by atoms with E-state index in [2.05, 4.69) is 60.8 Å². The van der Waals surface area contributed by atoms with E-state index < -0.39 is 36.0 Å². The molecule has 6 amide bonds. The number of nitrogens with one attached hydrogen (secondary N) is 6. The standard InChI is InChI=1S/C54H106N12O6/c1-3-4-5-6-7-8-9-10-11-12-13-14-15-16-17-32-50(68)62-47(52(70)61-38-27-40-66-43-41-65(42-44-66)39-26-37-59-45(2)67)31-21-25-36-60-53(71)48(29-19-23-34-56)64-54(72)49(30-20-24-35-57)63-51(69)46(58)28-18-22-33-55/h10-11,46-49H,3-9,12-44,55-58H2,1-2H3,(H,59,67)(H,60,71)(H,61,70)(H,62,68)(H,63,69)(H,64,72)/b11-10-. The first kappa shape index (κ1) is 66.3. The molecule has 0 aliphatic carbocycles. The van der Waals surface area contributed by atoms with Crippen LogP contribution in [0.5, 0.6) is 0 Å². The summed E-state index contributed by atoms with van der Waals surface area (Å²) >= 11 is 0. The summed E-state index contributed by atoms with van der Waals surface area (Å²) in [5.74, 6) is -1.54. The first-order chi connectivity index (χ1) is 34.9. The van der Waals surface area contributed by atoms with Crippen LogP contribution in [-0.4, -0.2) is 148 Å². The minimum atomic E-state index is -0.876. The fourth-order valence-electron chi connectivity index (χ4n) is 8.85. The van der Waals surface area contributed by atoms with Gasteiger partial charge in [-0.1, -0.05) is 76.9 Å². The zero-order valence-electron chi connectivity index (χ0n) is 45.4. The molecule has 4 unspecified atom stereocenters. The minimum absolute atomic E-state index is 0.000573. The smallest absolute Gasteiger partial charge is 0.243 e. The van der Waals surface area contributed by atoms with E-state index in [9.17, 15) is 28.8 Å². The summed E-state index contributed by atoms with van der Waals surface area (Å²) in [5, 5.41) is 17.6. The Balaban J connectivity index is 2.75. The maximum absolute atomic E-state index is 13.6. The molecule has 14 N–H and O–H groups in total. The second-order valence-electron chi connectivity index (χ2n) is 20.0. The van der Waals surface area contributed by atoms with Crippen molar-refractivity contribution >= 4 is 35.4 Å². The molecule has 0 aromatic rings. The van der Waals surface area contributed by atoms with E-state index in [1.807, 2.05) is 0 Å². The average molecular weight is 1020 g/mol. The van der Waals surface area contributed by atoms with Crippen LogP contribution in [0.2, 0.25) is 0 Å². The predicted octanol–water partition coefficient (Wildman–Crippen LogP) is 4.13. The van der Waals surface area contributed by atoms with Gasteiger partial charge in [0.05, 0.1) is 6.04 Å². The van der Waals surface area contributed by atoms with Gasteiger partial charge in [0.2, 0.25) is 35.4 Å². The maximum Gasteiger partial charge on any atom is 0.243 e. The number of carbonyl (C=O) groups excluding carboxylic acids is 6. The molecule has 0 saturated carbocycles. The topological polar surface area (TPSA) is 285 Å². The molecule has 4 atom stereocenters. The highest BCUT2D eigenvalue weighted by molar-refractivity contribution is 5.93. The van der Waals surface area contributed by atoms with Crippen LogP contribution in [0.4, 0.5) is 0 Å². The van der Waals surface area contributed by atoms with Gasteiger partial charge >= 0.3 is 0 Å². The summed E-state index contributed by atoms with van der Waals surface area (Å²) in [5.41, 5.74) is 23.2. The van der Waals surface area contributed by atoms with E-state index in [4.69, 9.17) is 22.9 Å². The number of nitrogens with two attached hydrogens (primary N) is 4. The molecule has 1 aliphatic heterocycles. The minimum Gasteiger partial charge on any atom is -0.356 e. The quantitative estimate of drug-likeness (QED) is 0.0304. The van der Waals surface area contributed by atoms with Gasteiger partial charge in [-0.15, -0.1) is 0 Å². The number of carbonyl (C=O) groups is 6. The number of rotatable bonds is 47. The molecule has 72 heavy (non-hydrogen) atoms. The highest BCUT2D eigenvalue weighted by atomic mass is 16.2. The largest absolute Gasteiger partial charge is 0.356 e. The Bertz CT molecular complexity index is 1450. The lowest BCUT2D eigenvalue weighted by Crippen LogP contribution is -2.55. The van der Waals surface area contributed by atoms with Crippen LogP contribution in [-0.2, 0) is 28.8 Å². The highest BCUT2D eigenvalue weighted by Gasteiger charge is 2.28. The van der Waals surface area contributed by atoms with Gasteiger partial charge in [0.25, 0.3) is 0 Å². The van der Waals surface area contributed by atoms with Crippen molar-refractivity contribution in [3.05, 3.63) is 12.2 Å². The first-order valence-corrected chi connectivity index (χ1v) is 28.6. The fraction of sp³-hybridized carbons (Fsp3) is 0.852. The monoisotopic (exact) mass is 1020 g/mol. The number of allylic oxidation sites excluding steroid dienone is 2. The van der Waals surface area contributed by atoms with Gasteiger partial charge in [0, 0.05) is 59.2 Å². The third-order valence-corrected chi connectivity index (χ3v) is 13.4. The van der Waals surface area contributed by atoms with Gasteiger partial charge in [0.1, 0.15) is 18.1 Å². The molecule has 0 bridgehead atoms. The van der Waals surface area contributed by atoms with Crippen molar-refractivity contribution in [2.75, 3.05) is 78.5 Å². The maximum atomic E-state index is 13.6. The van der Waals surface area contributed by atoms with Crippen LogP contribution in [0.25, 0.3) is 0 Å². The van der Waals surface area contributed by atoms with E-state index >= 15 is 0 Å². The molecule has 418 valence electrons. The van der Waals surface area contributed by atoms with Crippen molar-refractivity contribution in [1.29, 1.82) is 0 Å². The Morgan fingerprint density at radius 3 is 1.39 bits per heavy atom. The highest BCUT2D eigenvalue weighted by Crippen LogP contribution is 2.12. The van der Waals surface area contributed by atoms with Crippen molar-refractivity contribution in [3.8, 4) is 0 Å². The summed E-state index contributed by atoms with van der Waals surface area (Å²) in [6.45, 7) is 12.4. The third kappa shape index (κ3) is 36.3. The molecule has 1 aliphatic rings. The van der Waals surface area contributed by atoms with Gasteiger partial charge in [0.15, 0.2) is 0 Å². The van der Waals surface area contributed by atoms with E-state index in [0.717, 1.165) is 97.1 Å². The van der Waals surface area contributed by atoms with Crippen molar-refractivity contribution < 1.29 is 28.8 Å². The lowest BCUT2D eigenvalue weighted by atomic mass is 10.0. The fourth-order valence-corrected chi connectivity index (χ4v) is 8.85. The van der Waals surface area contributed by atoms with Crippen molar-refractivity contribution in [2.45, 2.75) is 218 Å². The van der Waals surface area contributed by atoms with Crippen LogP contribution in [0.1, 0.15) is 194 Å². The van der Waals surface area contributed by atoms with Crippen LogP contribution in [0, 0.1) is 0 Å². The SMILES string of the molecule is CCCCCCCC/C=C\CCCCCCCC(=O)NC(CCCCNC(=O)C(CCCCN)NC(=O)C(CCCCN)NC(=O)C(N)CCCCN)C(=O)NCCCN1CCN(CCCNC(C)=O)CC1. The van der Waals surface area contributed by atoms with Crippen LogP contribution in [0.3, 0.4) is 0 Å². The molecule has 18 heteroatoms. The summed E-state index contributed by atoms with van der Waals surface area (Å²) < 4.78 is 0. The predicted molar refractivity (Wildman–Crippen MR) is 293 cm³/mol. The Hall–Kier alpha value is -3.68. The van der Waals surface area contributed by atoms with E-state index in [-0.39, 0.29) is 23.6 Å². The van der Waals surface area contributed by atoms with Gasteiger partial charge < -0.3 is 64.6 Å². The normalized spacial score (nSPS) is 14.9. The molecule has 0 aromatic carbocycles. The van der Waals surface area contributed by atoms with E-state index in [1.54, 1.807) is 0 Å². The Labute approximate surface area is 436 Å². The second kappa shape index (κ2) is 45.9. The van der Waals surface area contributed by atoms with Gasteiger partial charge in [-0.25, -0.2) is 0 Å². The van der Waals surface area contributed by atoms with Crippen LogP contribution < -0.4 is 54.8 Å². The molecule has 18 nitrogen and oxygen atoms in total. The number of piperazine rings is 1. The van der Waals surface area contributed by atoms with E-state index in [0.29, 0.717) is 116 Å². The van der Waals surface area contributed by atoms with Gasteiger partial charge in [-0.05, 0) is 148 Å². The molecular weight excluding hydrogens is 913 g/mol. The summed E-state index contributed by atoms with van der Waals surface area (Å²) in [4.78, 5) is 83.0. The Morgan fingerprint density at radius 2 is 0.875 bits per heavy atom. The number of hydrogen-bond acceptors (Lipinski definition) is 12. The molecule has 0 aromatic heterocycles. The average Bonchev–Trinajstić information content (AvgIpc) is 3.36. The molecule has 1 heterocycles. The van der Waals surface area contributed by atoms with Gasteiger partial charge in [-0.3, -0.25) is 28.8 Å². The van der Waals surface area contributed by atoms with Crippen LogP contribution in [0.15, 0.2) is 12.2 Å². The number of hydrogen-bond donors (Lipinski definition) is 10.